The van der Waals surface area contributed by atoms with Crippen molar-refractivity contribution in [2.45, 2.75) is 51.5 Å². The fraction of sp³-hybridized carbons (Fsp3) is 0.857. The van der Waals surface area contributed by atoms with Crippen LogP contribution in [0.5, 0.6) is 0 Å². The van der Waals surface area contributed by atoms with Crippen LogP contribution in [0.4, 0.5) is 4.79 Å². The molecule has 2 rings (SSSR count). The lowest BCUT2D eigenvalue weighted by Crippen LogP contribution is -2.56. The highest BCUT2D eigenvalue weighted by Crippen LogP contribution is 2.37. The molecule has 19 heavy (non-hydrogen) atoms. The third-order valence-electron chi connectivity index (χ3n) is 4.59. The number of carboxylic acid groups (broad SMARTS) is 1. The molecule has 2 fully saturated rings. The Morgan fingerprint density at radius 3 is 2.68 bits per heavy atom. The molecule has 0 aromatic rings. The number of hydrogen-bond acceptors (Lipinski definition) is 2. The molecule has 1 saturated heterocycles. The van der Waals surface area contributed by atoms with Crippen molar-refractivity contribution < 1.29 is 14.7 Å². The fourth-order valence-corrected chi connectivity index (χ4v) is 3.17. The van der Waals surface area contributed by atoms with E-state index in [9.17, 15) is 14.7 Å². The fourth-order valence-electron chi connectivity index (χ4n) is 3.17. The summed E-state index contributed by atoms with van der Waals surface area (Å²) in [5.41, 5.74) is -0.978. The van der Waals surface area contributed by atoms with Crippen molar-refractivity contribution in [3.8, 4) is 0 Å². The number of carbonyl (C=O) groups excluding carboxylic acids is 1. The summed E-state index contributed by atoms with van der Waals surface area (Å²) in [7, 11) is 0. The number of aliphatic carboxylic acids is 1. The minimum Gasteiger partial charge on any atom is -0.479 e. The predicted octanol–water partition coefficient (Wildman–Crippen LogP) is 2.07. The van der Waals surface area contributed by atoms with Gasteiger partial charge in [0.1, 0.15) is 5.54 Å². The van der Waals surface area contributed by atoms with Crippen LogP contribution in [0.15, 0.2) is 0 Å². The van der Waals surface area contributed by atoms with Crippen LogP contribution in [0.25, 0.3) is 0 Å². The monoisotopic (exact) mass is 268 g/mol. The SMILES string of the molecule is CCCC1(C(=O)O)CCCN1C(=O)NCC1CC1C. The van der Waals surface area contributed by atoms with Gasteiger partial charge in [0, 0.05) is 13.1 Å². The van der Waals surface area contributed by atoms with Crippen molar-refractivity contribution in [3.63, 3.8) is 0 Å². The Labute approximate surface area is 114 Å². The number of amides is 2. The van der Waals surface area contributed by atoms with E-state index in [0.29, 0.717) is 37.8 Å². The Balaban J connectivity index is 1.99. The Kier molecular flexibility index (Phi) is 4.02. The minimum atomic E-state index is -0.978. The summed E-state index contributed by atoms with van der Waals surface area (Å²) in [5.74, 6) is 0.414. The normalized spacial score (nSPS) is 33.3. The highest BCUT2D eigenvalue weighted by atomic mass is 16.4. The zero-order valence-electron chi connectivity index (χ0n) is 11.8. The molecular weight excluding hydrogens is 244 g/mol. The van der Waals surface area contributed by atoms with Gasteiger partial charge < -0.3 is 15.3 Å². The second-order valence-electron chi connectivity index (χ2n) is 6.00. The van der Waals surface area contributed by atoms with Gasteiger partial charge in [-0.05, 0) is 37.5 Å². The first-order valence-electron chi connectivity index (χ1n) is 7.30. The van der Waals surface area contributed by atoms with Gasteiger partial charge in [-0.2, -0.15) is 0 Å². The van der Waals surface area contributed by atoms with Gasteiger partial charge >= 0.3 is 12.0 Å². The number of urea groups is 1. The zero-order chi connectivity index (χ0) is 14.0. The average Bonchev–Trinajstić information content (AvgIpc) is 2.89. The van der Waals surface area contributed by atoms with E-state index >= 15 is 0 Å². The van der Waals surface area contributed by atoms with Crippen molar-refractivity contribution in [2.75, 3.05) is 13.1 Å². The lowest BCUT2D eigenvalue weighted by atomic mass is 9.91. The van der Waals surface area contributed by atoms with Gasteiger partial charge in [-0.3, -0.25) is 0 Å². The Bertz CT molecular complexity index is 372. The van der Waals surface area contributed by atoms with E-state index < -0.39 is 11.5 Å². The maximum atomic E-state index is 12.2. The molecule has 1 heterocycles. The summed E-state index contributed by atoms with van der Waals surface area (Å²) in [6, 6.07) is -0.201. The Hall–Kier alpha value is -1.26. The number of nitrogens with one attached hydrogen (secondary N) is 1. The third kappa shape index (κ3) is 2.69. The number of rotatable bonds is 5. The molecule has 2 N–H and O–H groups in total. The van der Waals surface area contributed by atoms with Gasteiger partial charge in [0.25, 0.3) is 0 Å². The standard InChI is InChI=1S/C14H24N2O3/c1-3-5-14(12(17)18)6-4-7-16(14)13(19)15-9-11-8-10(11)2/h10-11H,3-9H2,1-2H3,(H,15,19)(H,17,18). The quantitative estimate of drug-likeness (QED) is 0.802. The summed E-state index contributed by atoms with van der Waals surface area (Å²) >= 11 is 0. The molecule has 108 valence electrons. The van der Waals surface area contributed by atoms with Gasteiger partial charge in [0.15, 0.2) is 0 Å². The van der Waals surface area contributed by atoms with E-state index in [1.165, 1.54) is 6.42 Å². The number of hydrogen-bond donors (Lipinski definition) is 2. The zero-order valence-corrected chi connectivity index (χ0v) is 11.8. The number of carbonyl (C=O) groups is 2. The molecule has 0 aromatic heterocycles. The molecule has 0 aromatic carbocycles. The summed E-state index contributed by atoms with van der Waals surface area (Å²) in [5, 5.41) is 12.4. The van der Waals surface area contributed by atoms with Crippen LogP contribution in [0.2, 0.25) is 0 Å². The molecule has 1 aliphatic carbocycles. The summed E-state index contributed by atoms with van der Waals surface area (Å²) < 4.78 is 0. The second-order valence-corrected chi connectivity index (χ2v) is 6.00. The molecule has 0 spiro atoms. The molecule has 0 bridgehead atoms. The predicted molar refractivity (Wildman–Crippen MR) is 71.9 cm³/mol. The minimum absolute atomic E-state index is 0.201. The highest BCUT2D eigenvalue weighted by Gasteiger charge is 2.49. The molecule has 1 aliphatic heterocycles. The van der Waals surface area contributed by atoms with E-state index in [1.54, 1.807) is 4.90 Å². The molecule has 0 radical (unpaired) electrons. The highest BCUT2D eigenvalue weighted by molar-refractivity contribution is 5.87. The molecule has 1 saturated carbocycles. The first kappa shape index (κ1) is 14.2. The smallest absolute Gasteiger partial charge is 0.329 e. The van der Waals surface area contributed by atoms with E-state index in [0.717, 1.165) is 12.8 Å². The van der Waals surface area contributed by atoms with E-state index in [2.05, 4.69) is 12.2 Å². The first-order valence-corrected chi connectivity index (χ1v) is 7.30. The largest absolute Gasteiger partial charge is 0.479 e. The van der Waals surface area contributed by atoms with Crippen molar-refractivity contribution in [1.82, 2.24) is 10.2 Å². The van der Waals surface area contributed by atoms with Gasteiger partial charge in [-0.1, -0.05) is 20.3 Å². The van der Waals surface area contributed by atoms with Crippen LogP contribution in [-0.2, 0) is 4.79 Å². The van der Waals surface area contributed by atoms with Crippen LogP contribution in [0.3, 0.4) is 0 Å². The molecule has 3 atom stereocenters. The maximum absolute atomic E-state index is 12.2. The van der Waals surface area contributed by atoms with Gasteiger partial charge in [0.2, 0.25) is 0 Å². The van der Waals surface area contributed by atoms with Crippen LogP contribution in [-0.4, -0.2) is 40.6 Å². The molecule has 3 unspecified atom stereocenters. The number of likely N-dealkylation sites (tertiary alicyclic amines) is 1. The maximum Gasteiger partial charge on any atom is 0.329 e. The second kappa shape index (κ2) is 5.39. The molecule has 5 nitrogen and oxygen atoms in total. The van der Waals surface area contributed by atoms with Crippen LogP contribution in [0, 0.1) is 11.8 Å². The van der Waals surface area contributed by atoms with Gasteiger partial charge in [0.05, 0.1) is 0 Å². The van der Waals surface area contributed by atoms with E-state index in [4.69, 9.17) is 0 Å². The lowest BCUT2D eigenvalue weighted by Gasteiger charge is -2.34. The van der Waals surface area contributed by atoms with E-state index in [-0.39, 0.29) is 6.03 Å². The van der Waals surface area contributed by atoms with Crippen LogP contribution >= 0.6 is 0 Å². The summed E-state index contributed by atoms with van der Waals surface area (Å²) in [6.45, 7) is 5.37. The molecule has 2 amide bonds. The molecule has 5 heteroatoms. The molecule has 2 aliphatic rings. The first-order chi connectivity index (χ1) is 9.01. The van der Waals surface area contributed by atoms with Crippen molar-refractivity contribution >= 4 is 12.0 Å². The van der Waals surface area contributed by atoms with Crippen LogP contribution < -0.4 is 5.32 Å². The van der Waals surface area contributed by atoms with Gasteiger partial charge in [-0.15, -0.1) is 0 Å². The summed E-state index contributed by atoms with van der Waals surface area (Å²) in [4.78, 5) is 25.4. The average molecular weight is 268 g/mol. The van der Waals surface area contributed by atoms with E-state index in [1.807, 2.05) is 6.92 Å². The number of carboxylic acids is 1. The summed E-state index contributed by atoms with van der Waals surface area (Å²) in [6.07, 6.45) is 3.83. The topological polar surface area (TPSA) is 69.6 Å². The lowest BCUT2D eigenvalue weighted by molar-refractivity contribution is -0.148. The van der Waals surface area contributed by atoms with Crippen molar-refractivity contribution in [3.05, 3.63) is 0 Å². The van der Waals surface area contributed by atoms with Crippen molar-refractivity contribution in [1.29, 1.82) is 0 Å². The number of nitrogens with zero attached hydrogens (tertiary/aromatic N) is 1. The van der Waals surface area contributed by atoms with Crippen LogP contribution in [0.1, 0.15) is 46.0 Å². The Morgan fingerprint density at radius 1 is 1.47 bits per heavy atom. The Morgan fingerprint density at radius 2 is 2.16 bits per heavy atom. The van der Waals surface area contributed by atoms with Gasteiger partial charge in [-0.25, -0.2) is 9.59 Å². The third-order valence-corrected chi connectivity index (χ3v) is 4.59. The van der Waals surface area contributed by atoms with Crippen molar-refractivity contribution in [2.24, 2.45) is 11.8 Å². The molecular formula is C14H24N2O3.